The minimum Gasteiger partial charge on any atom is -0.480 e. The normalized spacial score (nSPS) is 12.1. The lowest BCUT2D eigenvalue weighted by Crippen LogP contribution is -2.41. The Morgan fingerprint density at radius 2 is 1.79 bits per heavy atom. The van der Waals surface area contributed by atoms with Gasteiger partial charge < -0.3 is 15.7 Å². The Morgan fingerprint density at radius 3 is 2.38 bits per heavy atom. The van der Waals surface area contributed by atoms with E-state index in [-0.39, 0.29) is 18.4 Å². The average Bonchev–Trinajstić information content (AvgIpc) is 2.51. The van der Waals surface area contributed by atoms with E-state index in [4.69, 9.17) is 5.11 Å². The fourth-order valence-electron chi connectivity index (χ4n) is 1.92. The molecule has 1 unspecified atom stereocenters. The van der Waals surface area contributed by atoms with Gasteiger partial charge in [-0.25, -0.2) is 0 Å². The van der Waals surface area contributed by atoms with Crippen LogP contribution in [0.4, 0.5) is 5.69 Å². The lowest BCUT2D eigenvalue weighted by molar-refractivity contribution is -0.142. The van der Waals surface area contributed by atoms with Crippen molar-refractivity contribution in [2.24, 2.45) is 5.92 Å². The van der Waals surface area contributed by atoms with Crippen LogP contribution in [0.25, 0.3) is 0 Å². The van der Waals surface area contributed by atoms with Crippen molar-refractivity contribution in [3.8, 4) is 0 Å². The Hall–Kier alpha value is -2.41. The minimum absolute atomic E-state index is 0.0879. The number of hydrogen-bond donors (Lipinski definition) is 3. The fraction of sp³-hybridized carbons (Fsp3) is 0.471. The highest BCUT2D eigenvalue weighted by molar-refractivity contribution is 6.04. The van der Waals surface area contributed by atoms with Gasteiger partial charge in [0.15, 0.2) is 0 Å². The molecule has 0 saturated heterocycles. The molecule has 0 heterocycles. The molecule has 7 heteroatoms. The third-order valence-corrected chi connectivity index (χ3v) is 3.53. The molecule has 0 aromatic heterocycles. The van der Waals surface area contributed by atoms with Gasteiger partial charge in [-0.15, -0.1) is 0 Å². The number of likely N-dealkylation sites (N-methyl/N-ethyl adjacent to an activating group) is 1. The molecule has 1 rings (SSSR count). The summed E-state index contributed by atoms with van der Waals surface area (Å²) in [4.78, 5) is 36.7. The number of carbonyl (C=O) groups is 3. The molecule has 0 aliphatic heterocycles. The zero-order valence-electron chi connectivity index (χ0n) is 14.5. The number of benzene rings is 1. The lowest BCUT2D eigenvalue weighted by Gasteiger charge is -2.20. The molecule has 0 bridgehead atoms. The van der Waals surface area contributed by atoms with Crippen molar-refractivity contribution in [3.63, 3.8) is 0 Å². The number of anilines is 1. The summed E-state index contributed by atoms with van der Waals surface area (Å²) < 4.78 is 0. The molecule has 7 nitrogen and oxygen atoms in total. The van der Waals surface area contributed by atoms with Crippen LogP contribution in [0.15, 0.2) is 24.3 Å². The molecular formula is C17H25N3O4. The largest absolute Gasteiger partial charge is 0.480 e. The summed E-state index contributed by atoms with van der Waals surface area (Å²) >= 11 is 0. The van der Waals surface area contributed by atoms with Crippen LogP contribution in [-0.4, -0.2) is 54.0 Å². The summed E-state index contributed by atoms with van der Waals surface area (Å²) in [5.74, 6) is -1.32. The molecule has 0 aliphatic carbocycles. The number of carboxylic acid groups (broad SMARTS) is 1. The van der Waals surface area contributed by atoms with Gasteiger partial charge in [0.05, 0.1) is 17.8 Å². The second-order valence-electron chi connectivity index (χ2n) is 6.13. The maximum Gasteiger partial charge on any atom is 0.320 e. The van der Waals surface area contributed by atoms with Gasteiger partial charge in [0, 0.05) is 6.54 Å². The van der Waals surface area contributed by atoms with Gasteiger partial charge in [-0.3, -0.25) is 19.3 Å². The van der Waals surface area contributed by atoms with Crippen molar-refractivity contribution in [2.75, 3.05) is 25.5 Å². The summed E-state index contributed by atoms with van der Waals surface area (Å²) in [6.45, 7) is 5.94. The molecule has 1 aromatic rings. The third kappa shape index (κ3) is 6.00. The Labute approximate surface area is 142 Å². The standard InChI is InChI=1S/C17H25N3O4/c1-11(2)9-18-16(22)13-7-5-6-8-14(13)19-15(21)10-20(4)12(3)17(23)24/h5-8,11-12H,9-10H2,1-4H3,(H,18,22)(H,19,21)(H,23,24). The first-order valence-corrected chi connectivity index (χ1v) is 7.82. The Balaban J connectivity index is 2.75. The molecule has 0 saturated carbocycles. The Kier molecular flexibility index (Phi) is 7.38. The average molecular weight is 335 g/mol. The van der Waals surface area contributed by atoms with Crippen LogP contribution in [0.3, 0.4) is 0 Å². The number of nitrogens with one attached hydrogen (secondary N) is 2. The number of amides is 2. The van der Waals surface area contributed by atoms with Crippen LogP contribution in [0, 0.1) is 5.92 Å². The van der Waals surface area contributed by atoms with Crippen LogP contribution >= 0.6 is 0 Å². The van der Waals surface area contributed by atoms with Crippen LogP contribution in [0.2, 0.25) is 0 Å². The smallest absolute Gasteiger partial charge is 0.320 e. The number of hydrogen-bond acceptors (Lipinski definition) is 4. The van der Waals surface area contributed by atoms with Crippen LogP contribution in [0.1, 0.15) is 31.1 Å². The van der Waals surface area contributed by atoms with Crippen LogP contribution < -0.4 is 10.6 Å². The number of para-hydroxylation sites is 1. The molecule has 2 amide bonds. The molecule has 1 atom stereocenters. The highest BCUT2D eigenvalue weighted by Crippen LogP contribution is 2.15. The van der Waals surface area contributed by atoms with Crippen molar-refractivity contribution in [1.82, 2.24) is 10.2 Å². The van der Waals surface area contributed by atoms with Gasteiger partial charge in [0.2, 0.25) is 5.91 Å². The summed E-state index contributed by atoms with van der Waals surface area (Å²) in [5, 5.41) is 14.4. The number of rotatable bonds is 8. The van der Waals surface area contributed by atoms with E-state index in [1.165, 1.54) is 11.8 Å². The first-order valence-electron chi connectivity index (χ1n) is 7.82. The maximum atomic E-state index is 12.2. The van der Waals surface area contributed by atoms with Gasteiger partial charge >= 0.3 is 5.97 Å². The van der Waals surface area contributed by atoms with Gasteiger partial charge in [-0.1, -0.05) is 26.0 Å². The highest BCUT2D eigenvalue weighted by Gasteiger charge is 2.20. The molecule has 1 aromatic carbocycles. The van der Waals surface area contributed by atoms with E-state index in [0.29, 0.717) is 23.7 Å². The first kappa shape index (κ1) is 19.6. The second kappa shape index (κ2) is 9.02. The lowest BCUT2D eigenvalue weighted by atomic mass is 10.1. The zero-order valence-corrected chi connectivity index (χ0v) is 14.5. The number of nitrogens with zero attached hydrogens (tertiary/aromatic N) is 1. The molecule has 0 radical (unpaired) electrons. The summed E-state index contributed by atoms with van der Waals surface area (Å²) in [6, 6.07) is 5.94. The number of carboxylic acids is 1. The number of aliphatic carboxylic acids is 1. The molecule has 132 valence electrons. The van der Waals surface area contributed by atoms with Gasteiger partial charge in [0.25, 0.3) is 5.91 Å². The maximum absolute atomic E-state index is 12.2. The predicted molar refractivity (Wildman–Crippen MR) is 92.0 cm³/mol. The first-order chi connectivity index (χ1) is 11.2. The van der Waals surface area contributed by atoms with Gasteiger partial charge in [0.1, 0.15) is 6.04 Å². The monoisotopic (exact) mass is 335 g/mol. The molecule has 0 aliphatic rings. The molecule has 24 heavy (non-hydrogen) atoms. The van der Waals surface area contributed by atoms with Crippen LogP contribution in [-0.2, 0) is 9.59 Å². The van der Waals surface area contributed by atoms with E-state index >= 15 is 0 Å². The molecular weight excluding hydrogens is 310 g/mol. The van der Waals surface area contributed by atoms with Crippen molar-refractivity contribution in [3.05, 3.63) is 29.8 Å². The van der Waals surface area contributed by atoms with E-state index in [0.717, 1.165) is 0 Å². The predicted octanol–water partition coefficient (Wildman–Crippen LogP) is 1.42. The van der Waals surface area contributed by atoms with Crippen LogP contribution in [0.5, 0.6) is 0 Å². The second-order valence-corrected chi connectivity index (χ2v) is 6.13. The quantitative estimate of drug-likeness (QED) is 0.667. The molecule has 0 spiro atoms. The van der Waals surface area contributed by atoms with E-state index in [2.05, 4.69) is 10.6 Å². The molecule has 0 fully saturated rings. The zero-order chi connectivity index (χ0) is 18.3. The fourth-order valence-corrected chi connectivity index (χ4v) is 1.92. The van der Waals surface area contributed by atoms with Gasteiger partial charge in [-0.05, 0) is 32.0 Å². The van der Waals surface area contributed by atoms with E-state index in [9.17, 15) is 14.4 Å². The van der Waals surface area contributed by atoms with E-state index in [1.54, 1.807) is 31.3 Å². The van der Waals surface area contributed by atoms with E-state index in [1.807, 2.05) is 13.8 Å². The van der Waals surface area contributed by atoms with Crippen molar-refractivity contribution < 1.29 is 19.5 Å². The summed E-state index contributed by atoms with van der Waals surface area (Å²) in [5.41, 5.74) is 0.778. The van der Waals surface area contributed by atoms with Crippen molar-refractivity contribution in [1.29, 1.82) is 0 Å². The molecule has 3 N–H and O–H groups in total. The summed E-state index contributed by atoms with van der Waals surface area (Å²) in [7, 11) is 1.56. The van der Waals surface area contributed by atoms with E-state index < -0.39 is 12.0 Å². The van der Waals surface area contributed by atoms with Gasteiger partial charge in [-0.2, -0.15) is 0 Å². The van der Waals surface area contributed by atoms with Crippen molar-refractivity contribution in [2.45, 2.75) is 26.8 Å². The van der Waals surface area contributed by atoms with Crippen molar-refractivity contribution >= 4 is 23.5 Å². The highest BCUT2D eigenvalue weighted by atomic mass is 16.4. The number of carbonyl (C=O) groups excluding carboxylic acids is 2. The SMILES string of the molecule is CC(C)CNC(=O)c1ccccc1NC(=O)CN(C)C(C)C(=O)O. The Bertz CT molecular complexity index is 601. The third-order valence-electron chi connectivity index (χ3n) is 3.53. The Morgan fingerprint density at radius 1 is 1.17 bits per heavy atom. The summed E-state index contributed by atoms with van der Waals surface area (Å²) in [6.07, 6.45) is 0. The topological polar surface area (TPSA) is 98.7 Å². The minimum atomic E-state index is -1.00.